The van der Waals surface area contributed by atoms with Gasteiger partial charge in [-0.15, -0.1) is 0 Å². The maximum atomic E-state index is 13.6. The van der Waals surface area contributed by atoms with E-state index in [1.807, 2.05) is 0 Å². The lowest BCUT2D eigenvalue weighted by Gasteiger charge is -2.29. The average molecular weight is 367 g/mol. The number of nitrogens with zero attached hydrogens (tertiary/aromatic N) is 2. The minimum atomic E-state index is -1.41. The molecule has 1 heterocycles. The summed E-state index contributed by atoms with van der Waals surface area (Å²) in [6.07, 6.45) is 0. The zero-order valence-corrected chi connectivity index (χ0v) is 16.0. The first-order chi connectivity index (χ1) is 12.0. The molecular weight excluding hydrogens is 340 g/mol. The number of halogens is 2. The molecule has 0 bridgehead atoms. The maximum Gasteiger partial charge on any atom is 0.326 e. The second-order valence-electron chi connectivity index (χ2n) is 7.88. The summed E-state index contributed by atoms with van der Waals surface area (Å²) in [7, 11) is 0. The van der Waals surface area contributed by atoms with Gasteiger partial charge in [-0.3, -0.25) is 9.69 Å². The van der Waals surface area contributed by atoms with Crippen molar-refractivity contribution in [2.24, 2.45) is 11.8 Å². The first kappa shape index (κ1) is 20.3. The van der Waals surface area contributed by atoms with Crippen LogP contribution in [-0.2, 0) is 10.3 Å². The molecule has 1 aromatic rings. The SMILES string of the molecule is CC(C)CN(CC(C)C)CN1C(=O)N[C@@](C)(c2ccc(F)c(F)c2)C1=O. The molecule has 0 aliphatic carbocycles. The number of rotatable bonds is 7. The zero-order valence-electron chi connectivity index (χ0n) is 16.0. The van der Waals surface area contributed by atoms with E-state index in [1.165, 1.54) is 13.0 Å². The quantitative estimate of drug-likeness (QED) is 0.753. The van der Waals surface area contributed by atoms with Gasteiger partial charge in [0.15, 0.2) is 11.6 Å². The van der Waals surface area contributed by atoms with Crippen molar-refractivity contribution in [3.05, 3.63) is 35.4 Å². The van der Waals surface area contributed by atoms with Crippen molar-refractivity contribution in [2.75, 3.05) is 19.8 Å². The van der Waals surface area contributed by atoms with Gasteiger partial charge in [-0.05, 0) is 36.5 Å². The van der Waals surface area contributed by atoms with Crippen LogP contribution in [-0.4, -0.2) is 41.5 Å². The van der Waals surface area contributed by atoms with Gasteiger partial charge in [0.2, 0.25) is 0 Å². The largest absolute Gasteiger partial charge is 0.326 e. The molecule has 0 unspecified atom stereocenters. The van der Waals surface area contributed by atoms with Gasteiger partial charge in [-0.25, -0.2) is 18.5 Å². The number of urea groups is 1. The fourth-order valence-corrected chi connectivity index (χ4v) is 3.25. The number of imide groups is 1. The summed E-state index contributed by atoms with van der Waals surface area (Å²) in [5.74, 6) is -1.75. The number of amides is 3. The summed E-state index contributed by atoms with van der Waals surface area (Å²) >= 11 is 0. The Balaban J connectivity index is 2.24. The van der Waals surface area contributed by atoms with Crippen molar-refractivity contribution in [3.63, 3.8) is 0 Å². The smallest absolute Gasteiger partial charge is 0.319 e. The molecule has 1 aromatic carbocycles. The topological polar surface area (TPSA) is 52.6 Å². The van der Waals surface area contributed by atoms with E-state index in [4.69, 9.17) is 0 Å². The van der Waals surface area contributed by atoms with Crippen LogP contribution in [0.25, 0.3) is 0 Å². The van der Waals surface area contributed by atoms with Gasteiger partial charge in [0, 0.05) is 13.1 Å². The monoisotopic (exact) mass is 367 g/mol. The lowest BCUT2D eigenvalue weighted by Crippen LogP contribution is -2.45. The molecule has 144 valence electrons. The molecule has 1 aliphatic rings. The average Bonchev–Trinajstić information content (AvgIpc) is 2.73. The molecule has 0 saturated carbocycles. The molecule has 1 saturated heterocycles. The summed E-state index contributed by atoms with van der Waals surface area (Å²) in [5.41, 5.74) is -1.19. The van der Waals surface area contributed by atoms with E-state index in [1.54, 1.807) is 0 Å². The van der Waals surface area contributed by atoms with Gasteiger partial charge in [0.1, 0.15) is 5.54 Å². The van der Waals surface area contributed by atoms with Crippen LogP contribution in [0.3, 0.4) is 0 Å². The first-order valence-electron chi connectivity index (χ1n) is 8.86. The Labute approximate surface area is 153 Å². The predicted molar refractivity (Wildman–Crippen MR) is 95.2 cm³/mol. The van der Waals surface area contributed by atoms with Gasteiger partial charge in [-0.2, -0.15) is 0 Å². The van der Waals surface area contributed by atoms with E-state index in [0.29, 0.717) is 11.8 Å². The molecular formula is C19H27F2N3O2. The minimum Gasteiger partial charge on any atom is -0.319 e. The first-order valence-corrected chi connectivity index (χ1v) is 8.86. The zero-order chi connectivity index (χ0) is 19.6. The Morgan fingerprint density at radius 2 is 1.65 bits per heavy atom. The van der Waals surface area contributed by atoms with Gasteiger partial charge >= 0.3 is 6.03 Å². The van der Waals surface area contributed by atoms with E-state index in [-0.39, 0.29) is 12.2 Å². The Morgan fingerprint density at radius 3 is 2.15 bits per heavy atom. The third-order valence-electron chi connectivity index (χ3n) is 4.36. The van der Waals surface area contributed by atoms with Gasteiger partial charge in [0.05, 0.1) is 6.67 Å². The summed E-state index contributed by atoms with van der Waals surface area (Å²) in [5, 5.41) is 2.63. The fourth-order valence-electron chi connectivity index (χ4n) is 3.25. The molecule has 1 N–H and O–H groups in total. The van der Waals surface area contributed by atoms with Crippen LogP contribution >= 0.6 is 0 Å². The third-order valence-corrected chi connectivity index (χ3v) is 4.36. The van der Waals surface area contributed by atoms with Gasteiger partial charge in [0.25, 0.3) is 5.91 Å². The minimum absolute atomic E-state index is 0.167. The number of nitrogens with one attached hydrogen (secondary N) is 1. The van der Waals surface area contributed by atoms with Crippen molar-refractivity contribution >= 4 is 11.9 Å². The van der Waals surface area contributed by atoms with E-state index >= 15 is 0 Å². The second kappa shape index (κ2) is 7.70. The third kappa shape index (κ3) is 4.20. The highest BCUT2D eigenvalue weighted by Crippen LogP contribution is 2.30. The summed E-state index contributed by atoms with van der Waals surface area (Å²) in [4.78, 5) is 28.6. The van der Waals surface area contributed by atoms with Crippen molar-refractivity contribution in [2.45, 2.75) is 40.2 Å². The van der Waals surface area contributed by atoms with Gasteiger partial charge < -0.3 is 5.32 Å². The molecule has 1 aliphatic heterocycles. The Kier molecular flexibility index (Phi) is 6.01. The molecule has 2 rings (SSSR count). The molecule has 0 aromatic heterocycles. The van der Waals surface area contributed by atoms with Crippen LogP contribution < -0.4 is 5.32 Å². The highest BCUT2D eigenvalue weighted by molar-refractivity contribution is 6.07. The summed E-state index contributed by atoms with van der Waals surface area (Å²) in [6.45, 7) is 11.5. The van der Waals surface area contributed by atoms with Crippen molar-refractivity contribution in [1.82, 2.24) is 15.1 Å². The Bertz CT molecular complexity index is 683. The Hall–Kier alpha value is -2.02. The van der Waals surface area contributed by atoms with E-state index in [0.717, 1.165) is 30.1 Å². The number of benzene rings is 1. The molecule has 5 nitrogen and oxygen atoms in total. The van der Waals surface area contributed by atoms with Crippen LogP contribution in [0.5, 0.6) is 0 Å². The lowest BCUT2D eigenvalue weighted by atomic mass is 9.92. The van der Waals surface area contributed by atoms with Crippen LogP contribution in [0.15, 0.2) is 18.2 Å². The summed E-state index contributed by atoms with van der Waals surface area (Å²) in [6, 6.07) is 2.71. The highest BCUT2D eigenvalue weighted by Gasteiger charge is 2.49. The molecule has 1 fully saturated rings. The molecule has 1 atom stereocenters. The maximum absolute atomic E-state index is 13.6. The number of carbonyl (C=O) groups is 2. The van der Waals surface area contributed by atoms with E-state index < -0.39 is 29.1 Å². The summed E-state index contributed by atoms with van der Waals surface area (Å²) < 4.78 is 26.8. The van der Waals surface area contributed by atoms with Gasteiger partial charge in [-0.1, -0.05) is 33.8 Å². The van der Waals surface area contributed by atoms with E-state index in [2.05, 4.69) is 37.9 Å². The second-order valence-corrected chi connectivity index (χ2v) is 7.88. The Morgan fingerprint density at radius 1 is 1.08 bits per heavy atom. The number of carbonyl (C=O) groups excluding carboxylic acids is 2. The van der Waals surface area contributed by atoms with Crippen molar-refractivity contribution in [1.29, 1.82) is 0 Å². The number of hydrogen-bond donors (Lipinski definition) is 1. The lowest BCUT2D eigenvalue weighted by molar-refractivity contribution is -0.132. The van der Waals surface area contributed by atoms with E-state index in [9.17, 15) is 18.4 Å². The molecule has 3 amide bonds. The van der Waals surface area contributed by atoms with Crippen LogP contribution in [0.2, 0.25) is 0 Å². The van der Waals surface area contributed by atoms with Crippen LogP contribution in [0, 0.1) is 23.5 Å². The van der Waals surface area contributed by atoms with Crippen LogP contribution in [0.4, 0.5) is 13.6 Å². The fraction of sp³-hybridized carbons (Fsp3) is 0.579. The van der Waals surface area contributed by atoms with Crippen molar-refractivity contribution < 1.29 is 18.4 Å². The normalized spacial score (nSPS) is 20.6. The number of hydrogen-bond acceptors (Lipinski definition) is 3. The predicted octanol–water partition coefficient (Wildman–Crippen LogP) is 3.30. The van der Waals surface area contributed by atoms with Crippen LogP contribution in [0.1, 0.15) is 40.2 Å². The molecule has 0 radical (unpaired) electrons. The molecule has 26 heavy (non-hydrogen) atoms. The standard InChI is InChI=1S/C19H27F2N3O2/c1-12(2)9-23(10-13(3)4)11-24-17(25)19(5,22-18(24)26)14-6-7-15(20)16(21)8-14/h6-8,12-13H,9-11H2,1-5H3,(H,22,26)/t19-/m0/s1. The van der Waals surface area contributed by atoms with Crippen molar-refractivity contribution in [3.8, 4) is 0 Å². The molecule has 0 spiro atoms. The highest BCUT2D eigenvalue weighted by atomic mass is 19.2. The molecule has 7 heteroatoms.